The number of fused-ring (bicyclic) bond motifs is 2. The molecule has 0 aliphatic heterocycles. The number of amides is 1. The Morgan fingerprint density at radius 2 is 1.05 bits per heavy atom. The van der Waals surface area contributed by atoms with Crippen LogP contribution in [0.5, 0.6) is 11.8 Å². The smallest absolute Gasteiger partial charge is 0.407 e. The Bertz CT molecular complexity index is 3820. The number of nitrogens with one attached hydrogen (secondary N) is 1. The van der Waals surface area contributed by atoms with Crippen molar-refractivity contribution in [2.75, 3.05) is 61.7 Å². The van der Waals surface area contributed by atoms with Gasteiger partial charge < -0.3 is 61.1 Å². The van der Waals surface area contributed by atoms with E-state index < -0.39 is 29.2 Å². The predicted molar refractivity (Wildman–Crippen MR) is 344 cm³/mol. The van der Waals surface area contributed by atoms with Crippen LogP contribution in [0.25, 0.3) is 42.3 Å². The van der Waals surface area contributed by atoms with Crippen molar-refractivity contribution in [1.82, 2.24) is 35.2 Å². The number of aromatic nitrogens is 6. The van der Waals surface area contributed by atoms with Crippen molar-refractivity contribution in [2.45, 2.75) is 79.0 Å². The molecular weight excluding hydrogens is 1210 g/mol. The summed E-state index contributed by atoms with van der Waals surface area (Å²) in [5.41, 5.74) is 22.3. The highest BCUT2D eigenvalue weighted by molar-refractivity contribution is 7.19. The summed E-state index contributed by atoms with van der Waals surface area (Å²) in [7, 11) is 3.79. The highest BCUT2D eigenvalue weighted by Crippen LogP contribution is 2.31. The quantitative estimate of drug-likeness (QED) is 0.0156. The zero-order valence-corrected chi connectivity index (χ0v) is 52.7. The molecule has 0 saturated carbocycles. The van der Waals surface area contributed by atoms with E-state index in [0.717, 1.165) is 54.1 Å². The molecule has 8 rings (SSSR count). The number of anilines is 4. The van der Waals surface area contributed by atoms with E-state index in [1.165, 1.54) is 47.0 Å². The van der Waals surface area contributed by atoms with Gasteiger partial charge in [-0.2, -0.15) is 9.97 Å². The van der Waals surface area contributed by atoms with Gasteiger partial charge >= 0.3 is 18.0 Å². The number of alkyl carbamates (subject to hydrolysis) is 1. The lowest BCUT2D eigenvalue weighted by Gasteiger charge is -2.19. The number of rotatable bonds is 20. The Kier molecular flexibility index (Phi) is 24.7. The summed E-state index contributed by atoms with van der Waals surface area (Å²) in [4.78, 5) is 71.5. The van der Waals surface area contributed by atoms with Crippen LogP contribution in [0.3, 0.4) is 0 Å². The second-order valence-electron chi connectivity index (χ2n) is 20.9. The lowest BCUT2D eigenvalue weighted by atomic mass is 10.1. The topological polar surface area (TPSA) is 300 Å². The summed E-state index contributed by atoms with van der Waals surface area (Å²) in [6, 6.07) is 29.9. The number of aliphatic hydroxyl groups is 1. The van der Waals surface area contributed by atoms with Crippen molar-refractivity contribution in [3.05, 3.63) is 174 Å². The molecule has 4 aromatic heterocycles. The third-order valence-electron chi connectivity index (χ3n) is 11.6. The van der Waals surface area contributed by atoms with Gasteiger partial charge in [-0.25, -0.2) is 34.4 Å². The number of nitrogens with zero attached hydrogens (tertiary/aromatic N) is 10. The number of carbonyl (C=O) groups is 3. The minimum absolute atomic E-state index is 0.0356. The third-order valence-corrected chi connectivity index (χ3v) is 13.9. The van der Waals surface area contributed by atoms with Crippen LogP contribution in [0.1, 0.15) is 73.8 Å². The van der Waals surface area contributed by atoms with Crippen LogP contribution >= 0.6 is 45.9 Å². The number of hydrogen-bond acceptors (Lipinski definition) is 22. The lowest BCUT2D eigenvalue weighted by Crippen LogP contribution is -2.28. The summed E-state index contributed by atoms with van der Waals surface area (Å²) in [6.45, 7) is 27.8. The number of carbonyl (C=O) groups excluding carboxylic acids is 3. The fraction of sp³-hybridized carbons (Fsp3) is 0.295. The Labute approximate surface area is 527 Å². The summed E-state index contributed by atoms with van der Waals surface area (Å²) >= 11 is 14.4. The zero-order chi connectivity index (χ0) is 64.1. The maximum atomic E-state index is 12.3. The van der Waals surface area contributed by atoms with Crippen molar-refractivity contribution >= 4 is 120 Å². The SMILES string of the molecule is NCc1ccc(COc2cc(Cl)nc(N)n2)cc1.[C-]#[N+]/C(=C\c1nc2ccc(N(C)CCO)cc2s1)C(=O)OC(C)(C)C.[C-]#[N+]/C(=C\c1nc2ccc(N(C)CCOC(=O)NCc3ccc(COc4cc(Cl)nc(N)n4)cc3)cc2s1)C(=O)OC(C)(C)C. The van der Waals surface area contributed by atoms with E-state index in [1.54, 1.807) is 41.5 Å². The summed E-state index contributed by atoms with van der Waals surface area (Å²) in [6.07, 6.45) is 2.38. The Morgan fingerprint density at radius 3 is 1.44 bits per heavy atom. The molecule has 1 amide bonds. The maximum absolute atomic E-state index is 12.3. The fourth-order valence-electron chi connectivity index (χ4n) is 7.35. The van der Waals surface area contributed by atoms with Crippen LogP contribution in [-0.4, -0.2) is 105 Å². The molecule has 4 heterocycles. The highest BCUT2D eigenvalue weighted by atomic mass is 35.5. The van der Waals surface area contributed by atoms with Crippen molar-refractivity contribution in [3.8, 4) is 11.8 Å². The van der Waals surface area contributed by atoms with Crippen LogP contribution < -0.4 is 41.8 Å². The molecule has 0 bridgehead atoms. The first-order valence-corrected chi connectivity index (χ1v) is 29.3. The molecule has 0 spiro atoms. The Hall–Kier alpha value is -9.21. The van der Waals surface area contributed by atoms with E-state index in [1.807, 2.05) is 109 Å². The predicted octanol–water partition coefficient (Wildman–Crippen LogP) is 10.9. The number of thiazole rings is 2. The maximum Gasteiger partial charge on any atom is 0.407 e. The number of aliphatic hydroxyl groups excluding tert-OH is 1. The zero-order valence-electron chi connectivity index (χ0n) is 49.5. The molecule has 8 aromatic rings. The van der Waals surface area contributed by atoms with E-state index in [9.17, 15) is 14.4 Å². The van der Waals surface area contributed by atoms with Crippen molar-refractivity contribution in [2.24, 2.45) is 5.73 Å². The first-order chi connectivity index (χ1) is 41.8. The van der Waals surface area contributed by atoms with Gasteiger partial charge in [-0.3, -0.25) is 9.59 Å². The van der Waals surface area contributed by atoms with E-state index >= 15 is 0 Å². The van der Waals surface area contributed by atoms with Gasteiger partial charge in [0.1, 0.15) is 51.3 Å². The number of benzene rings is 4. The van der Waals surface area contributed by atoms with Gasteiger partial charge in [0.05, 0.1) is 46.7 Å². The van der Waals surface area contributed by atoms with Gasteiger partial charge in [0.25, 0.3) is 11.4 Å². The number of ether oxygens (including phenoxy) is 5. The normalized spacial score (nSPS) is 11.4. The van der Waals surface area contributed by atoms with Gasteiger partial charge in [-0.15, -0.1) is 22.7 Å². The number of nitrogens with two attached hydrogens (primary N) is 3. The van der Waals surface area contributed by atoms with Gasteiger partial charge in [0.15, 0.2) is 0 Å². The second kappa shape index (κ2) is 32.0. The molecule has 460 valence electrons. The van der Waals surface area contributed by atoms with E-state index in [4.69, 9.17) is 82.3 Å². The molecule has 0 unspecified atom stereocenters. The monoisotopic (exact) mass is 1270 g/mol. The van der Waals surface area contributed by atoms with Crippen LogP contribution in [0, 0.1) is 13.1 Å². The number of nitrogen functional groups attached to an aromatic ring is 2. The molecule has 0 saturated heterocycles. The number of halogens is 2. The third kappa shape index (κ3) is 22.3. The molecule has 0 aliphatic rings. The van der Waals surface area contributed by atoms with Crippen LogP contribution in [0.2, 0.25) is 10.3 Å². The van der Waals surface area contributed by atoms with Gasteiger partial charge in [0, 0.05) is 57.2 Å². The summed E-state index contributed by atoms with van der Waals surface area (Å²) < 4.78 is 28.8. The molecule has 0 fully saturated rings. The Morgan fingerprint density at radius 1 is 0.625 bits per heavy atom. The second-order valence-corrected chi connectivity index (χ2v) is 23.8. The molecule has 88 heavy (non-hydrogen) atoms. The van der Waals surface area contributed by atoms with Crippen molar-refractivity contribution < 1.29 is 43.2 Å². The molecule has 27 heteroatoms. The van der Waals surface area contributed by atoms with Crippen LogP contribution in [0.4, 0.5) is 28.1 Å². The van der Waals surface area contributed by atoms with Crippen molar-refractivity contribution in [3.63, 3.8) is 0 Å². The number of hydrogen-bond donors (Lipinski definition) is 5. The fourth-order valence-corrected chi connectivity index (χ4v) is 9.59. The first-order valence-electron chi connectivity index (χ1n) is 26.9. The molecule has 0 radical (unpaired) electrons. The standard InChI is InChI=1S/C31H32ClN7O5S.C18H21N3O3S.C12H13ClN4O/c1-31(2,3)44-28(40)23(34-4)15-27-36-22-11-10-21(14-24(22)45-27)39(5)12-13-42-30(41)35-17-19-6-8-20(9-7-19)18-43-26-16-25(32)37-29(33)38-26;1-18(2,3)24-17(23)14(19-4)11-16-20-13-7-6-12(10-15(13)25-16)21(5)8-9-22;13-10-5-11(17-12(15)16-10)18-7-9-3-1-8(6-14)2-4-9/h6-11,14-16H,12-13,17-18H2,1-3,5H3,(H,35,41)(H2,33,37,38);6-7,10-11,22H,8-9H2,1-3,5H3;1-5H,6-7,14H2,(H2,15,16,17)/b23-15-;14-11-;. The highest BCUT2D eigenvalue weighted by Gasteiger charge is 2.23. The molecule has 0 aliphatic carbocycles. The minimum atomic E-state index is -0.700. The Balaban J connectivity index is 0.000000239. The minimum Gasteiger partial charge on any atom is -0.473 e. The average Bonchev–Trinajstić information content (AvgIpc) is 3.98. The van der Waals surface area contributed by atoms with Gasteiger partial charge in [0.2, 0.25) is 23.7 Å². The molecule has 23 nitrogen and oxygen atoms in total. The lowest BCUT2D eigenvalue weighted by molar-refractivity contribution is -0.150. The molecular formula is C61H66Cl2N14O9S2. The van der Waals surface area contributed by atoms with Gasteiger partial charge in [-0.1, -0.05) is 71.7 Å². The van der Waals surface area contributed by atoms with E-state index in [0.29, 0.717) is 48.7 Å². The van der Waals surface area contributed by atoms with E-state index in [-0.39, 0.29) is 59.3 Å². The van der Waals surface area contributed by atoms with E-state index in [2.05, 4.69) is 44.9 Å². The largest absolute Gasteiger partial charge is 0.473 e. The summed E-state index contributed by atoms with van der Waals surface area (Å²) in [5.74, 6) is -0.562. The molecule has 0 atom stereocenters. The average molecular weight is 1270 g/mol. The van der Waals surface area contributed by atoms with Crippen LogP contribution in [0.15, 0.2) is 108 Å². The molecule has 4 aromatic carbocycles. The number of esters is 2. The van der Waals surface area contributed by atoms with Gasteiger partial charge in [-0.05, 0) is 112 Å². The number of likely N-dealkylation sites (N-methyl/N-ethyl adjacent to an activating group) is 2. The van der Waals surface area contributed by atoms with Crippen molar-refractivity contribution in [1.29, 1.82) is 0 Å². The molecule has 8 N–H and O–H groups in total. The summed E-state index contributed by atoms with van der Waals surface area (Å²) in [5, 5.41) is 13.4. The first kappa shape index (κ1) is 67.9. The van der Waals surface area contributed by atoms with Crippen LogP contribution in [-0.2, 0) is 50.1 Å².